The van der Waals surface area contributed by atoms with E-state index in [1.165, 1.54) is 0 Å². The summed E-state index contributed by atoms with van der Waals surface area (Å²) in [5.74, 6) is 0.682. The molecule has 0 aliphatic heterocycles. The molecule has 0 radical (unpaired) electrons. The van der Waals surface area contributed by atoms with Crippen LogP contribution in [-0.4, -0.2) is 32.3 Å². The fourth-order valence-corrected chi connectivity index (χ4v) is 2.59. The van der Waals surface area contributed by atoms with Crippen molar-refractivity contribution in [1.82, 2.24) is 5.32 Å². The molecule has 0 heterocycles. The number of ether oxygens (including phenoxy) is 1. The number of amides is 2. The van der Waals surface area contributed by atoms with Gasteiger partial charge in [-0.25, -0.2) is 4.79 Å². The number of carbonyl (C=O) groups excluding carboxylic acids is 1. The number of nitrogens with one attached hydrogen (secondary N) is 2. The molecule has 5 nitrogen and oxygen atoms in total. The van der Waals surface area contributed by atoms with Gasteiger partial charge in [0, 0.05) is 29.5 Å². The van der Waals surface area contributed by atoms with Gasteiger partial charge in [-0.2, -0.15) is 0 Å². The number of urea groups is 1. The van der Waals surface area contributed by atoms with Gasteiger partial charge in [-0.3, -0.25) is 0 Å². The van der Waals surface area contributed by atoms with Crippen LogP contribution in [0.1, 0.15) is 13.8 Å². The molecule has 2 N–H and O–H groups in total. The molecule has 0 spiro atoms. The minimum absolute atomic E-state index is 0.259. The van der Waals surface area contributed by atoms with E-state index in [9.17, 15) is 4.79 Å². The van der Waals surface area contributed by atoms with E-state index in [-0.39, 0.29) is 6.03 Å². The van der Waals surface area contributed by atoms with Crippen LogP contribution >= 0.6 is 11.6 Å². The Morgan fingerprint density at radius 3 is 2.48 bits per heavy atom. The maximum Gasteiger partial charge on any atom is 0.319 e. The molecule has 2 rings (SSSR count). The fourth-order valence-electron chi connectivity index (χ4n) is 2.41. The van der Waals surface area contributed by atoms with Crippen molar-refractivity contribution in [1.29, 1.82) is 0 Å². The van der Waals surface area contributed by atoms with Crippen LogP contribution in [-0.2, 0) is 0 Å². The van der Waals surface area contributed by atoms with E-state index >= 15 is 0 Å². The fraction of sp³-hybridized carbons (Fsp3) is 0.316. The molecule has 0 aromatic heterocycles. The zero-order valence-electron chi connectivity index (χ0n) is 14.6. The van der Waals surface area contributed by atoms with Crippen molar-refractivity contribution in [3.8, 4) is 5.75 Å². The smallest absolute Gasteiger partial charge is 0.319 e. The standard InChI is InChI=1S/C19H24ClN3O2/c1-3-23(4-2)17-10-8-16(9-11-17)22-19(24)21-12-13-25-18-7-5-6-15(20)14-18/h5-11,14H,3-4,12-13H2,1-2H3,(H2,21,22,24). The normalized spacial score (nSPS) is 10.2. The SMILES string of the molecule is CCN(CC)c1ccc(NC(=O)NCCOc2cccc(Cl)c2)cc1. The van der Waals surface area contributed by atoms with Crippen molar-refractivity contribution in [3.63, 3.8) is 0 Å². The van der Waals surface area contributed by atoms with E-state index in [0.29, 0.717) is 23.9 Å². The molecule has 134 valence electrons. The molecule has 2 aromatic carbocycles. The monoisotopic (exact) mass is 361 g/mol. The zero-order chi connectivity index (χ0) is 18.1. The number of hydrogen-bond acceptors (Lipinski definition) is 3. The molecule has 0 fully saturated rings. The number of halogens is 1. The van der Waals surface area contributed by atoms with Crippen molar-refractivity contribution in [2.45, 2.75) is 13.8 Å². The summed E-state index contributed by atoms with van der Waals surface area (Å²) in [6.45, 7) is 6.92. The Morgan fingerprint density at radius 2 is 1.84 bits per heavy atom. The average Bonchev–Trinajstić information content (AvgIpc) is 2.61. The summed E-state index contributed by atoms with van der Waals surface area (Å²) in [5.41, 5.74) is 1.90. The van der Waals surface area contributed by atoms with Gasteiger partial charge < -0.3 is 20.3 Å². The third kappa shape index (κ3) is 6.19. The van der Waals surface area contributed by atoms with Gasteiger partial charge in [-0.05, 0) is 56.3 Å². The first kappa shape index (κ1) is 18.9. The summed E-state index contributed by atoms with van der Waals surface area (Å²) in [5, 5.41) is 6.19. The quantitative estimate of drug-likeness (QED) is 0.686. The van der Waals surface area contributed by atoms with Gasteiger partial charge >= 0.3 is 6.03 Å². The summed E-state index contributed by atoms with van der Waals surface area (Å²) in [6.07, 6.45) is 0. The van der Waals surface area contributed by atoms with E-state index in [4.69, 9.17) is 16.3 Å². The maximum atomic E-state index is 11.9. The minimum atomic E-state index is -0.259. The lowest BCUT2D eigenvalue weighted by molar-refractivity contribution is 0.247. The summed E-state index contributed by atoms with van der Waals surface area (Å²) in [6, 6.07) is 14.7. The summed E-state index contributed by atoms with van der Waals surface area (Å²) in [7, 11) is 0. The highest BCUT2D eigenvalue weighted by molar-refractivity contribution is 6.30. The highest BCUT2D eigenvalue weighted by Gasteiger charge is 2.04. The number of benzene rings is 2. The molecule has 0 bridgehead atoms. The maximum absolute atomic E-state index is 11.9. The Morgan fingerprint density at radius 1 is 1.12 bits per heavy atom. The molecule has 0 atom stereocenters. The average molecular weight is 362 g/mol. The van der Waals surface area contributed by atoms with Gasteiger partial charge in [0.15, 0.2) is 0 Å². The molecule has 0 saturated carbocycles. The molecule has 0 saturated heterocycles. The van der Waals surface area contributed by atoms with Crippen molar-refractivity contribution < 1.29 is 9.53 Å². The van der Waals surface area contributed by atoms with Crippen molar-refractivity contribution in [2.75, 3.05) is 36.5 Å². The van der Waals surface area contributed by atoms with Crippen LogP contribution in [0, 0.1) is 0 Å². The third-order valence-corrected chi connectivity index (χ3v) is 3.94. The summed E-state index contributed by atoms with van der Waals surface area (Å²) in [4.78, 5) is 14.1. The minimum Gasteiger partial charge on any atom is -0.492 e. The second-order valence-electron chi connectivity index (χ2n) is 5.41. The predicted octanol–water partition coefficient (Wildman–Crippen LogP) is 4.39. The Hall–Kier alpha value is -2.40. The van der Waals surface area contributed by atoms with E-state index < -0.39 is 0 Å². The Balaban J connectivity index is 1.73. The zero-order valence-corrected chi connectivity index (χ0v) is 15.3. The lowest BCUT2D eigenvalue weighted by Gasteiger charge is -2.21. The highest BCUT2D eigenvalue weighted by atomic mass is 35.5. The highest BCUT2D eigenvalue weighted by Crippen LogP contribution is 2.18. The molecule has 0 aliphatic rings. The summed E-state index contributed by atoms with van der Waals surface area (Å²) >= 11 is 5.88. The molecule has 2 aromatic rings. The first-order chi connectivity index (χ1) is 12.1. The van der Waals surface area contributed by atoms with Gasteiger partial charge in [0.2, 0.25) is 0 Å². The number of nitrogens with zero attached hydrogens (tertiary/aromatic N) is 1. The molecule has 6 heteroatoms. The van der Waals surface area contributed by atoms with Crippen LogP contribution in [0.15, 0.2) is 48.5 Å². The van der Waals surface area contributed by atoms with Gasteiger partial charge in [-0.15, -0.1) is 0 Å². The van der Waals surface area contributed by atoms with Crippen LogP contribution < -0.4 is 20.3 Å². The molecule has 0 aliphatic carbocycles. The van der Waals surface area contributed by atoms with Crippen LogP contribution in [0.5, 0.6) is 5.75 Å². The Kier molecular flexibility index (Phi) is 7.41. The lowest BCUT2D eigenvalue weighted by Crippen LogP contribution is -2.32. The number of carbonyl (C=O) groups is 1. The first-order valence-electron chi connectivity index (χ1n) is 8.40. The number of anilines is 2. The van der Waals surface area contributed by atoms with E-state index in [1.54, 1.807) is 12.1 Å². The van der Waals surface area contributed by atoms with Crippen molar-refractivity contribution in [2.24, 2.45) is 0 Å². The molecular formula is C19H24ClN3O2. The van der Waals surface area contributed by atoms with E-state index in [1.807, 2.05) is 36.4 Å². The van der Waals surface area contributed by atoms with Gasteiger partial charge in [0.25, 0.3) is 0 Å². The van der Waals surface area contributed by atoms with Crippen LogP contribution in [0.4, 0.5) is 16.2 Å². The van der Waals surface area contributed by atoms with Gasteiger partial charge in [0.05, 0.1) is 6.54 Å². The predicted molar refractivity (Wildman–Crippen MR) is 104 cm³/mol. The van der Waals surface area contributed by atoms with E-state index in [2.05, 4.69) is 29.4 Å². The van der Waals surface area contributed by atoms with Gasteiger partial charge in [0.1, 0.15) is 12.4 Å². The van der Waals surface area contributed by atoms with Crippen LogP contribution in [0.3, 0.4) is 0 Å². The Bertz CT molecular complexity index is 673. The van der Waals surface area contributed by atoms with Gasteiger partial charge in [-0.1, -0.05) is 17.7 Å². The lowest BCUT2D eigenvalue weighted by atomic mass is 10.2. The van der Waals surface area contributed by atoms with Crippen molar-refractivity contribution >= 4 is 29.0 Å². The first-order valence-corrected chi connectivity index (χ1v) is 8.78. The molecule has 0 unspecified atom stereocenters. The van der Waals surface area contributed by atoms with E-state index in [0.717, 1.165) is 24.5 Å². The second kappa shape index (κ2) is 9.79. The molecule has 25 heavy (non-hydrogen) atoms. The number of hydrogen-bond donors (Lipinski definition) is 2. The second-order valence-corrected chi connectivity index (χ2v) is 5.84. The van der Waals surface area contributed by atoms with Crippen molar-refractivity contribution in [3.05, 3.63) is 53.6 Å². The number of rotatable bonds is 8. The van der Waals surface area contributed by atoms with Crippen LogP contribution in [0.2, 0.25) is 5.02 Å². The Labute approximate surface area is 153 Å². The third-order valence-electron chi connectivity index (χ3n) is 3.71. The molecular weight excluding hydrogens is 338 g/mol. The largest absolute Gasteiger partial charge is 0.492 e. The van der Waals surface area contributed by atoms with Crippen LogP contribution in [0.25, 0.3) is 0 Å². The summed E-state index contributed by atoms with van der Waals surface area (Å²) < 4.78 is 5.52. The molecule has 2 amide bonds. The topological polar surface area (TPSA) is 53.6 Å².